The van der Waals surface area contributed by atoms with E-state index in [-0.39, 0.29) is 22.8 Å². The number of alkyl halides is 3. The fourth-order valence-electron chi connectivity index (χ4n) is 3.63. The van der Waals surface area contributed by atoms with Crippen molar-refractivity contribution in [2.24, 2.45) is 0 Å². The summed E-state index contributed by atoms with van der Waals surface area (Å²) in [6.07, 6.45) is -4.56. The molecule has 7 nitrogen and oxygen atoms in total. The topological polar surface area (TPSA) is 69.6 Å². The molecular formula is C23H28F3N5O2S. The summed E-state index contributed by atoms with van der Waals surface area (Å²) in [6.45, 7) is 8.31. The van der Waals surface area contributed by atoms with Crippen LogP contribution in [-0.4, -0.2) is 70.9 Å². The van der Waals surface area contributed by atoms with E-state index in [0.717, 1.165) is 23.4 Å². The van der Waals surface area contributed by atoms with Crippen molar-refractivity contribution in [3.05, 3.63) is 47.2 Å². The van der Waals surface area contributed by atoms with Crippen molar-refractivity contribution in [2.75, 3.05) is 44.2 Å². The van der Waals surface area contributed by atoms with Crippen LogP contribution in [0, 0.1) is 0 Å². The van der Waals surface area contributed by atoms with E-state index in [1.807, 2.05) is 13.8 Å². The minimum atomic E-state index is -4.56. The van der Waals surface area contributed by atoms with Gasteiger partial charge in [0.25, 0.3) is 5.91 Å². The third kappa shape index (κ3) is 6.40. The van der Waals surface area contributed by atoms with Crippen LogP contribution in [0.5, 0.6) is 0 Å². The standard InChI is InChI=1S/C23H28F3N5O2S/c1-4-29(5-2)20-14-19(23(24,25)26)27-22(28-20)34-15-17-6-8-18(9-7-17)21(33)31-12-10-30(11-13-31)16(3)32/h6-9,14H,4-5,10-13,15H2,1-3H3. The number of hydrogen-bond acceptors (Lipinski definition) is 6. The average Bonchev–Trinajstić information content (AvgIpc) is 2.83. The van der Waals surface area contributed by atoms with E-state index in [0.29, 0.717) is 50.6 Å². The lowest BCUT2D eigenvalue weighted by Gasteiger charge is -2.34. The molecule has 2 heterocycles. The van der Waals surface area contributed by atoms with Gasteiger partial charge in [0.15, 0.2) is 10.9 Å². The molecule has 2 amide bonds. The van der Waals surface area contributed by atoms with E-state index in [2.05, 4.69) is 9.97 Å². The molecule has 0 radical (unpaired) electrons. The minimum absolute atomic E-state index is 0.00270. The number of carbonyl (C=O) groups is 2. The van der Waals surface area contributed by atoms with Crippen molar-refractivity contribution in [3.8, 4) is 0 Å². The maximum atomic E-state index is 13.3. The predicted octanol–water partition coefficient (Wildman–Crippen LogP) is 3.94. The minimum Gasteiger partial charge on any atom is -0.357 e. The summed E-state index contributed by atoms with van der Waals surface area (Å²) in [7, 11) is 0. The Bertz CT molecular complexity index is 1000. The van der Waals surface area contributed by atoms with Crippen molar-refractivity contribution in [3.63, 3.8) is 0 Å². The van der Waals surface area contributed by atoms with Gasteiger partial charge in [0.2, 0.25) is 5.91 Å². The smallest absolute Gasteiger partial charge is 0.357 e. The summed E-state index contributed by atoms with van der Waals surface area (Å²) in [5, 5.41) is 0.0558. The molecule has 0 N–H and O–H groups in total. The molecule has 1 aromatic carbocycles. The summed E-state index contributed by atoms with van der Waals surface area (Å²) < 4.78 is 40.0. The summed E-state index contributed by atoms with van der Waals surface area (Å²) in [4.78, 5) is 37.4. The zero-order chi connectivity index (χ0) is 24.9. The fraction of sp³-hybridized carbons (Fsp3) is 0.478. The Balaban J connectivity index is 1.66. The van der Waals surface area contributed by atoms with Gasteiger partial charge in [0.1, 0.15) is 5.82 Å². The number of nitrogens with zero attached hydrogens (tertiary/aromatic N) is 5. The van der Waals surface area contributed by atoms with Gasteiger partial charge in [0.05, 0.1) is 0 Å². The molecule has 0 aliphatic carbocycles. The first-order valence-electron chi connectivity index (χ1n) is 11.1. The zero-order valence-corrected chi connectivity index (χ0v) is 20.2. The average molecular weight is 496 g/mol. The number of aromatic nitrogens is 2. The molecule has 1 saturated heterocycles. The zero-order valence-electron chi connectivity index (χ0n) is 19.4. The molecule has 184 valence electrons. The van der Waals surface area contributed by atoms with Gasteiger partial charge in [0, 0.05) is 63.6 Å². The number of carbonyl (C=O) groups excluding carboxylic acids is 2. The Morgan fingerprint density at radius 3 is 2.12 bits per heavy atom. The van der Waals surface area contributed by atoms with E-state index in [4.69, 9.17) is 0 Å². The lowest BCUT2D eigenvalue weighted by Crippen LogP contribution is -2.50. The fourth-order valence-corrected chi connectivity index (χ4v) is 4.44. The highest BCUT2D eigenvalue weighted by Crippen LogP contribution is 2.32. The largest absolute Gasteiger partial charge is 0.433 e. The maximum absolute atomic E-state index is 13.3. The van der Waals surface area contributed by atoms with Crippen molar-refractivity contribution in [1.29, 1.82) is 0 Å². The highest BCUT2D eigenvalue weighted by Gasteiger charge is 2.34. The molecular weight excluding hydrogens is 467 g/mol. The lowest BCUT2D eigenvalue weighted by atomic mass is 10.1. The lowest BCUT2D eigenvalue weighted by molar-refractivity contribution is -0.141. The Labute approximate surface area is 201 Å². The third-order valence-corrected chi connectivity index (χ3v) is 6.57. The Kier molecular flexibility index (Phi) is 8.40. The van der Waals surface area contributed by atoms with Crippen LogP contribution in [0.2, 0.25) is 0 Å². The second-order valence-electron chi connectivity index (χ2n) is 7.85. The normalized spacial score (nSPS) is 14.3. The van der Waals surface area contributed by atoms with Gasteiger partial charge in [-0.1, -0.05) is 23.9 Å². The second kappa shape index (κ2) is 11.1. The van der Waals surface area contributed by atoms with E-state index in [1.165, 1.54) is 6.92 Å². The number of halogens is 3. The molecule has 2 aromatic rings. The molecule has 1 aromatic heterocycles. The molecule has 1 fully saturated rings. The van der Waals surface area contributed by atoms with Gasteiger partial charge < -0.3 is 14.7 Å². The van der Waals surface area contributed by atoms with E-state index >= 15 is 0 Å². The van der Waals surface area contributed by atoms with Crippen LogP contribution >= 0.6 is 11.8 Å². The first kappa shape index (κ1) is 25.8. The number of rotatable bonds is 7. The van der Waals surface area contributed by atoms with E-state index in [9.17, 15) is 22.8 Å². The summed E-state index contributed by atoms with van der Waals surface area (Å²) in [5.41, 5.74) is 0.412. The van der Waals surface area contributed by atoms with E-state index in [1.54, 1.807) is 39.0 Å². The molecule has 0 atom stereocenters. The number of thioether (sulfide) groups is 1. The molecule has 0 spiro atoms. The summed E-state index contributed by atoms with van der Waals surface area (Å²) in [6, 6.07) is 7.97. The maximum Gasteiger partial charge on any atom is 0.433 e. The SMILES string of the molecule is CCN(CC)c1cc(C(F)(F)F)nc(SCc2ccc(C(=O)N3CCN(C(C)=O)CC3)cc2)n1. The summed E-state index contributed by atoms with van der Waals surface area (Å²) in [5.74, 6) is 0.515. The molecule has 0 saturated carbocycles. The highest BCUT2D eigenvalue weighted by molar-refractivity contribution is 7.98. The summed E-state index contributed by atoms with van der Waals surface area (Å²) >= 11 is 1.12. The van der Waals surface area contributed by atoms with Crippen molar-refractivity contribution >= 4 is 29.4 Å². The van der Waals surface area contributed by atoms with Gasteiger partial charge in [-0.15, -0.1) is 0 Å². The third-order valence-electron chi connectivity index (χ3n) is 5.65. The highest BCUT2D eigenvalue weighted by atomic mass is 32.2. The Morgan fingerprint density at radius 1 is 1.00 bits per heavy atom. The molecule has 3 rings (SSSR count). The van der Waals surface area contributed by atoms with Crippen LogP contribution in [-0.2, 0) is 16.7 Å². The Morgan fingerprint density at radius 2 is 1.59 bits per heavy atom. The van der Waals surface area contributed by atoms with Gasteiger partial charge in [-0.25, -0.2) is 9.97 Å². The van der Waals surface area contributed by atoms with Gasteiger partial charge >= 0.3 is 6.18 Å². The van der Waals surface area contributed by atoms with Gasteiger partial charge in [-0.05, 0) is 31.5 Å². The van der Waals surface area contributed by atoms with Crippen LogP contribution < -0.4 is 4.90 Å². The van der Waals surface area contributed by atoms with Crippen molar-refractivity contribution < 1.29 is 22.8 Å². The van der Waals surface area contributed by atoms with Gasteiger partial charge in [-0.3, -0.25) is 9.59 Å². The number of amides is 2. The molecule has 0 unspecified atom stereocenters. The number of benzene rings is 1. The van der Waals surface area contributed by atoms with Crippen LogP contribution in [0.25, 0.3) is 0 Å². The van der Waals surface area contributed by atoms with Crippen molar-refractivity contribution in [2.45, 2.75) is 37.9 Å². The van der Waals surface area contributed by atoms with Crippen LogP contribution in [0.3, 0.4) is 0 Å². The first-order valence-corrected chi connectivity index (χ1v) is 12.1. The Hall–Kier alpha value is -2.82. The van der Waals surface area contributed by atoms with Crippen molar-refractivity contribution in [1.82, 2.24) is 19.8 Å². The van der Waals surface area contributed by atoms with Gasteiger partial charge in [-0.2, -0.15) is 13.2 Å². The molecule has 34 heavy (non-hydrogen) atoms. The van der Waals surface area contributed by atoms with Crippen LogP contribution in [0.15, 0.2) is 35.5 Å². The quantitative estimate of drug-likeness (QED) is 0.428. The number of hydrogen-bond donors (Lipinski definition) is 0. The van der Waals surface area contributed by atoms with Crippen LogP contribution in [0.4, 0.5) is 19.0 Å². The molecule has 1 aliphatic rings. The molecule has 0 bridgehead atoms. The first-order chi connectivity index (χ1) is 16.1. The monoisotopic (exact) mass is 495 g/mol. The number of anilines is 1. The van der Waals surface area contributed by atoms with Crippen LogP contribution in [0.1, 0.15) is 42.4 Å². The molecule has 11 heteroatoms. The predicted molar refractivity (Wildman–Crippen MR) is 125 cm³/mol. The molecule has 1 aliphatic heterocycles. The second-order valence-corrected chi connectivity index (χ2v) is 8.79. The van der Waals surface area contributed by atoms with E-state index < -0.39 is 11.9 Å². The number of piperazine rings is 1.